The molecule has 1 atom stereocenters. The van der Waals surface area contributed by atoms with Crippen LogP contribution in [0.25, 0.3) is 0 Å². The van der Waals surface area contributed by atoms with Crippen LogP contribution < -0.4 is 5.73 Å². The van der Waals surface area contributed by atoms with E-state index in [9.17, 15) is 9.59 Å². The molecular formula is C11H21N3O3. The zero-order valence-corrected chi connectivity index (χ0v) is 10.3. The van der Waals surface area contributed by atoms with Crippen molar-refractivity contribution in [1.29, 1.82) is 0 Å². The molecule has 1 saturated heterocycles. The number of aliphatic carboxylic acids is 1. The zero-order chi connectivity index (χ0) is 12.8. The number of nitrogens with two attached hydrogens (primary N) is 1. The van der Waals surface area contributed by atoms with Crippen LogP contribution in [0.1, 0.15) is 13.3 Å². The van der Waals surface area contributed by atoms with Crippen molar-refractivity contribution in [3.8, 4) is 0 Å². The first-order valence-electron chi connectivity index (χ1n) is 5.97. The molecule has 0 aliphatic carbocycles. The van der Waals surface area contributed by atoms with Gasteiger partial charge in [-0.1, -0.05) is 6.92 Å². The van der Waals surface area contributed by atoms with Crippen LogP contribution in [-0.4, -0.2) is 66.1 Å². The Labute approximate surface area is 101 Å². The van der Waals surface area contributed by atoms with E-state index in [-0.39, 0.29) is 18.4 Å². The van der Waals surface area contributed by atoms with Gasteiger partial charge in [-0.05, 0) is 13.0 Å². The Morgan fingerprint density at radius 2 is 1.88 bits per heavy atom. The SMILES string of the molecule is CC(CCN)C(=O)N1CCN(CC(=O)O)CC1. The maximum Gasteiger partial charge on any atom is 0.317 e. The van der Waals surface area contributed by atoms with E-state index >= 15 is 0 Å². The minimum Gasteiger partial charge on any atom is -0.480 e. The van der Waals surface area contributed by atoms with Crippen LogP contribution in [0.2, 0.25) is 0 Å². The van der Waals surface area contributed by atoms with Crippen molar-refractivity contribution < 1.29 is 14.7 Å². The van der Waals surface area contributed by atoms with E-state index in [0.717, 1.165) is 0 Å². The maximum atomic E-state index is 12.0. The van der Waals surface area contributed by atoms with E-state index in [1.165, 1.54) is 0 Å². The molecule has 1 amide bonds. The minimum atomic E-state index is -0.818. The number of piperazine rings is 1. The van der Waals surface area contributed by atoms with Gasteiger partial charge in [-0.25, -0.2) is 0 Å². The van der Waals surface area contributed by atoms with Crippen LogP contribution >= 0.6 is 0 Å². The van der Waals surface area contributed by atoms with Crippen molar-refractivity contribution in [3.63, 3.8) is 0 Å². The number of carbonyl (C=O) groups excluding carboxylic acids is 1. The quantitative estimate of drug-likeness (QED) is 0.660. The van der Waals surface area contributed by atoms with Gasteiger partial charge in [-0.3, -0.25) is 14.5 Å². The normalized spacial score (nSPS) is 19.1. The monoisotopic (exact) mass is 243 g/mol. The van der Waals surface area contributed by atoms with Gasteiger partial charge in [0.25, 0.3) is 0 Å². The Balaban J connectivity index is 2.35. The van der Waals surface area contributed by atoms with E-state index in [1.54, 1.807) is 4.90 Å². The summed E-state index contributed by atoms with van der Waals surface area (Å²) in [5, 5.41) is 8.66. The van der Waals surface area contributed by atoms with Crippen molar-refractivity contribution in [1.82, 2.24) is 9.80 Å². The summed E-state index contributed by atoms with van der Waals surface area (Å²) in [6.45, 7) is 4.95. The van der Waals surface area contributed by atoms with Crippen LogP contribution in [0.5, 0.6) is 0 Å². The van der Waals surface area contributed by atoms with Gasteiger partial charge in [0.05, 0.1) is 6.54 Å². The third-order valence-corrected chi connectivity index (χ3v) is 3.06. The maximum absolute atomic E-state index is 12.0. The molecule has 17 heavy (non-hydrogen) atoms. The topological polar surface area (TPSA) is 86.9 Å². The van der Waals surface area contributed by atoms with E-state index in [0.29, 0.717) is 39.1 Å². The summed E-state index contributed by atoms with van der Waals surface area (Å²) < 4.78 is 0. The standard InChI is InChI=1S/C11H21N3O3/c1-9(2-3-12)11(17)14-6-4-13(5-7-14)8-10(15)16/h9H,2-8,12H2,1H3,(H,15,16). The Bertz CT molecular complexity index is 275. The molecule has 0 radical (unpaired) electrons. The number of nitrogens with zero attached hydrogens (tertiary/aromatic N) is 2. The largest absolute Gasteiger partial charge is 0.480 e. The van der Waals surface area contributed by atoms with Crippen molar-refractivity contribution in [2.24, 2.45) is 11.7 Å². The second-order valence-corrected chi connectivity index (χ2v) is 4.47. The van der Waals surface area contributed by atoms with E-state index in [4.69, 9.17) is 10.8 Å². The van der Waals surface area contributed by atoms with Crippen LogP contribution in [0, 0.1) is 5.92 Å². The lowest BCUT2D eigenvalue weighted by Crippen LogP contribution is -2.51. The molecule has 1 unspecified atom stereocenters. The number of carbonyl (C=O) groups is 2. The van der Waals surface area contributed by atoms with Crippen LogP contribution in [0.3, 0.4) is 0 Å². The van der Waals surface area contributed by atoms with Gasteiger partial charge in [0, 0.05) is 32.1 Å². The summed E-state index contributed by atoms with van der Waals surface area (Å²) in [4.78, 5) is 26.1. The second kappa shape index (κ2) is 6.56. The molecule has 0 aromatic carbocycles. The average molecular weight is 243 g/mol. The van der Waals surface area contributed by atoms with Gasteiger partial charge in [-0.15, -0.1) is 0 Å². The van der Waals surface area contributed by atoms with E-state index in [2.05, 4.69) is 0 Å². The second-order valence-electron chi connectivity index (χ2n) is 4.47. The van der Waals surface area contributed by atoms with Crippen LogP contribution in [0.15, 0.2) is 0 Å². The fraction of sp³-hybridized carbons (Fsp3) is 0.818. The molecule has 0 spiro atoms. The first-order chi connectivity index (χ1) is 8.04. The highest BCUT2D eigenvalue weighted by Crippen LogP contribution is 2.09. The Morgan fingerprint density at radius 1 is 1.29 bits per heavy atom. The molecule has 3 N–H and O–H groups in total. The number of hydrogen-bond donors (Lipinski definition) is 2. The lowest BCUT2D eigenvalue weighted by Gasteiger charge is -2.35. The van der Waals surface area contributed by atoms with Gasteiger partial charge in [0.15, 0.2) is 0 Å². The highest BCUT2D eigenvalue weighted by atomic mass is 16.4. The number of amides is 1. The third kappa shape index (κ3) is 4.32. The third-order valence-electron chi connectivity index (χ3n) is 3.06. The van der Waals surface area contributed by atoms with E-state index in [1.807, 2.05) is 11.8 Å². The summed E-state index contributed by atoms with van der Waals surface area (Å²) >= 11 is 0. The number of hydrogen-bond acceptors (Lipinski definition) is 4. The number of carboxylic acids is 1. The molecular weight excluding hydrogens is 222 g/mol. The molecule has 0 bridgehead atoms. The lowest BCUT2D eigenvalue weighted by molar-refractivity contribution is -0.140. The summed E-state index contributed by atoms with van der Waals surface area (Å²) in [5.74, 6) is -0.724. The van der Waals surface area contributed by atoms with E-state index < -0.39 is 5.97 Å². The van der Waals surface area contributed by atoms with Crippen LogP contribution in [0.4, 0.5) is 0 Å². The van der Waals surface area contributed by atoms with Gasteiger partial charge in [0.1, 0.15) is 0 Å². The van der Waals surface area contributed by atoms with Gasteiger partial charge in [-0.2, -0.15) is 0 Å². The molecule has 1 fully saturated rings. The zero-order valence-electron chi connectivity index (χ0n) is 10.3. The van der Waals surface area contributed by atoms with Gasteiger partial charge < -0.3 is 15.7 Å². The fourth-order valence-corrected chi connectivity index (χ4v) is 2.00. The molecule has 0 aromatic heterocycles. The summed E-state index contributed by atoms with van der Waals surface area (Å²) in [7, 11) is 0. The highest BCUT2D eigenvalue weighted by Gasteiger charge is 2.24. The minimum absolute atomic E-state index is 0.0361. The molecule has 1 heterocycles. The van der Waals surface area contributed by atoms with Gasteiger partial charge in [0.2, 0.25) is 5.91 Å². The highest BCUT2D eigenvalue weighted by molar-refractivity contribution is 5.78. The predicted octanol–water partition coefficient (Wildman–Crippen LogP) is -0.800. The Morgan fingerprint density at radius 3 is 2.35 bits per heavy atom. The summed E-state index contributed by atoms with van der Waals surface area (Å²) in [6, 6.07) is 0. The fourth-order valence-electron chi connectivity index (χ4n) is 2.00. The molecule has 0 saturated carbocycles. The van der Waals surface area contributed by atoms with Crippen LogP contribution in [-0.2, 0) is 9.59 Å². The first kappa shape index (κ1) is 13.9. The van der Waals surface area contributed by atoms with Crippen molar-refractivity contribution in [2.45, 2.75) is 13.3 Å². The predicted molar refractivity (Wildman–Crippen MR) is 63.5 cm³/mol. The average Bonchev–Trinajstić information content (AvgIpc) is 2.28. The molecule has 6 heteroatoms. The molecule has 6 nitrogen and oxygen atoms in total. The van der Waals surface area contributed by atoms with Crippen molar-refractivity contribution in [2.75, 3.05) is 39.3 Å². The first-order valence-corrected chi connectivity index (χ1v) is 5.97. The molecule has 98 valence electrons. The van der Waals surface area contributed by atoms with Crippen molar-refractivity contribution in [3.05, 3.63) is 0 Å². The van der Waals surface area contributed by atoms with Gasteiger partial charge >= 0.3 is 5.97 Å². The number of carboxylic acid groups (broad SMARTS) is 1. The summed E-state index contributed by atoms with van der Waals surface area (Å²) in [5.41, 5.74) is 5.43. The number of rotatable bonds is 5. The molecule has 0 aromatic rings. The molecule has 1 aliphatic heterocycles. The smallest absolute Gasteiger partial charge is 0.317 e. The van der Waals surface area contributed by atoms with Crippen molar-refractivity contribution >= 4 is 11.9 Å². The molecule has 1 aliphatic rings. The lowest BCUT2D eigenvalue weighted by atomic mass is 10.1. The summed E-state index contributed by atoms with van der Waals surface area (Å²) in [6.07, 6.45) is 0.703. The molecule has 1 rings (SSSR count). The Hall–Kier alpha value is -1.14. The Kier molecular flexibility index (Phi) is 5.37.